The molecule has 0 bridgehead atoms. The van der Waals surface area contributed by atoms with Gasteiger partial charge in [0.2, 0.25) is 11.6 Å². The molecule has 1 amide bonds. The van der Waals surface area contributed by atoms with E-state index in [-0.39, 0.29) is 18.5 Å². The van der Waals surface area contributed by atoms with Crippen LogP contribution in [0.15, 0.2) is 12.4 Å². The van der Waals surface area contributed by atoms with Crippen molar-refractivity contribution >= 4 is 17.4 Å². The topological polar surface area (TPSA) is 84.2 Å². The molecular formula is C13H18N6O. The SMILES string of the molecule is CC(C)NC(=O)CNc1nccn2c(C3CC3)nnc12. The largest absolute Gasteiger partial charge is 0.358 e. The summed E-state index contributed by atoms with van der Waals surface area (Å²) >= 11 is 0. The number of nitrogens with one attached hydrogen (secondary N) is 2. The average Bonchev–Trinajstić information content (AvgIpc) is 3.15. The molecule has 2 aromatic rings. The molecule has 0 atom stereocenters. The van der Waals surface area contributed by atoms with Crippen LogP contribution in [0.1, 0.15) is 38.4 Å². The van der Waals surface area contributed by atoms with Gasteiger partial charge in [0.25, 0.3) is 0 Å². The minimum atomic E-state index is -0.0641. The summed E-state index contributed by atoms with van der Waals surface area (Å²) in [5.74, 6) is 2.03. The van der Waals surface area contributed by atoms with E-state index in [2.05, 4.69) is 25.8 Å². The molecule has 1 aliphatic carbocycles. The molecule has 2 N–H and O–H groups in total. The van der Waals surface area contributed by atoms with Crippen LogP contribution in [-0.4, -0.2) is 38.1 Å². The Morgan fingerprint density at radius 2 is 2.25 bits per heavy atom. The first-order valence-electron chi connectivity index (χ1n) is 6.88. The highest BCUT2D eigenvalue weighted by molar-refractivity contribution is 5.81. The number of carbonyl (C=O) groups excluding carboxylic acids is 1. The van der Waals surface area contributed by atoms with Crippen LogP contribution in [0.5, 0.6) is 0 Å². The van der Waals surface area contributed by atoms with Crippen LogP contribution in [-0.2, 0) is 4.79 Å². The standard InChI is InChI=1S/C13H18N6O/c1-8(2)16-10(20)7-15-11-13-18-17-12(9-3-4-9)19(13)6-5-14-11/h5-6,8-9H,3-4,7H2,1-2H3,(H,14,15)(H,16,20). The van der Waals surface area contributed by atoms with Gasteiger partial charge in [0.1, 0.15) is 5.82 Å². The Balaban J connectivity index is 1.76. The van der Waals surface area contributed by atoms with Gasteiger partial charge < -0.3 is 10.6 Å². The van der Waals surface area contributed by atoms with Gasteiger partial charge in [-0.1, -0.05) is 0 Å². The maximum absolute atomic E-state index is 11.6. The van der Waals surface area contributed by atoms with Gasteiger partial charge in [-0.05, 0) is 26.7 Å². The number of rotatable bonds is 5. The number of hydrogen-bond donors (Lipinski definition) is 2. The molecule has 3 rings (SSSR count). The lowest BCUT2D eigenvalue weighted by Crippen LogP contribution is -2.35. The molecule has 0 unspecified atom stereocenters. The van der Waals surface area contributed by atoms with Crippen LogP contribution < -0.4 is 10.6 Å². The van der Waals surface area contributed by atoms with Crippen molar-refractivity contribution in [3.63, 3.8) is 0 Å². The van der Waals surface area contributed by atoms with Crippen LogP contribution >= 0.6 is 0 Å². The summed E-state index contributed by atoms with van der Waals surface area (Å²) in [5, 5.41) is 14.2. The summed E-state index contributed by atoms with van der Waals surface area (Å²) in [5.41, 5.74) is 0.673. The van der Waals surface area contributed by atoms with E-state index in [9.17, 15) is 4.79 Å². The summed E-state index contributed by atoms with van der Waals surface area (Å²) in [4.78, 5) is 15.9. The summed E-state index contributed by atoms with van der Waals surface area (Å²) < 4.78 is 1.95. The molecule has 2 heterocycles. The normalized spacial score (nSPS) is 14.8. The number of hydrogen-bond acceptors (Lipinski definition) is 5. The highest BCUT2D eigenvalue weighted by Gasteiger charge is 2.29. The van der Waals surface area contributed by atoms with Crippen LogP contribution in [0.3, 0.4) is 0 Å². The van der Waals surface area contributed by atoms with Crippen LogP contribution in [0, 0.1) is 0 Å². The van der Waals surface area contributed by atoms with E-state index in [0.717, 1.165) is 5.82 Å². The highest BCUT2D eigenvalue weighted by atomic mass is 16.1. The lowest BCUT2D eigenvalue weighted by atomic mass is 10.4. The van der Waals surface area contributed by atoms with Gasteiger partial charge in [-0.15, -0.1) is 10.2 Å². The van der Waals surface area contributed by atoms with Crippen molar-refractivity contribution in [2.45, 2.75) is 38.6 Å². The molecule has 0 spiro atoms. The minimum absolute atomic E-state index is 0.0641. The zero-order chi connectivity index (χ0) is 14.1. The van der Waals surface area contributed by atoms with Crippen molar-refractivity contribution in [3.8, 4) is 0 Å². The fourth-order valence-corrected chi connectivity index (χ4v) is 2.13. The molecule has 7 nitrogen and oxygen atoms in total. The maximum atomic E-state index is 11.6. The second kappa shape index (κ2) is 5.07. The third-order valence-electron chi connectivity index (χ3n) is 3.16. The Morgan fingerprint density at radius 1 is 1.45 bits per heavy atom. The van der Waals surface area contributed by atoms with Gasteiger partial charge in [-0.2, -0.15) is 0 Å². The van der Waals surface area contributed by atoms with E-state index < -0.39 is 0 Å². The van der Waals surface area contributed by atoms with E-state index in [0.29, 0.717) is 17.4 Å². The second-order valence-electron chi connectivity index (χ2n) is 5.38. The third kappa shape index (κ3) is 2.56. The lowest BCUT2D eigenvalue weighted by Gasteiger charge is -2.09. The number of amides is 1. The highest BCUT2D eigenvalue weighted by Crippen LogP contribution is 2.39. The molecule has 106 valence electrons. The number of fused-ring (bicyclic) bond motifs is 1. The zero-order valence-electron chi connectivity index (χ0n) is 11.6. The van der Waals surface area contributed by atoms with Gasteiger partial charge in [0.05, 0.1) is 6.54 Å². The molecule has 0 radical (unpaired) electrons. The van der Waals surface area contributed by atoms with Crippen LogP contribution in [0.4, 0.5) is 5.82 Å². The van der Waals surface area contributed by atoms with Gasteiger partial charge >= 0.3 is 0 Å². The molecule has 0 saturated heterocycles. The molecule has 7 heteroatoms. The lowest BCUT2D eigenvalue weighted by molar-refractivity contribution is -0.119. The first-order valence-corrected chi connectivity index (χ1v) is 6.88. The van der Waals surface area contributed by atoms with Crippen molar-refractivity contribution in [1.82, 2.24) is 24.9 Å². The summed E-state index contributed by atoms with van der Waals surface area (Å²) in [7, 11) is 0. The Morgan fingerprint density at radius 3 is 2.95 bits per heavy atom. The molecule has 1 saturated carbocycles. The van der Waals surface area contributed by atoms with E-state index in [4.69, 9.17) is 0 Å². The first kappa shape index (κ1) is 12.8. The van der Waals surface area contributed by atoms with E-state index in [1.165, 1.54) is 12.8 Å². The third-order valence-corrected chi connectivity index (χ3v) is 3.16. The predicted molar refractivity (Wildman–Crippen MR) is 74.5 cm³/mol. The first-order chi connectivity index (χ1) is 9.65. The molecule has 2 aromatic heterocycles. The van der Waals surface area contributed by atoms with E-state index in [1.54, 1.807) is 6.20 Å². The van der Waals surface area contributed by atoms with Crippen molar-refractivity contribution < 1.29 is 4.79 Å². The molecule has 1 aliphatic rings. The zero-order valence-corrected chi connectivity index (χ0v) is 11.6. The van der Waals surface area contributed by atoms with Crippen LogP contribution in [0.2, 0.25) is 0 Å². The van der Waals surface area contributed by atoms with Crippen LogP contribution in [0.25, 0.3) is 5.65 Å². The summed E-state index contributed by atoms with van der Waals surface area (Å²) in [6.07, 6.45) is 5.90. The summed E-state index contributed by atoms with van der Waals surface area (Å²) in [6.45, 7) is 4.03. The molecular weight excluding hydrogens is 256 g/mol. The molecule has 0 aromatic carbocycles. The fourth-order valence-electron chi connectivity index (χ4n) is 2.13. The Kier molecular flexibility index (Phi) is 3.25. The van der Waals surface area contributed by atoms with Gasteiger partial charge in [0, 0.05) is 24.4 Å². The van der Waals surface area contributed by atoms with E-state index in [1.807, 2.05) is 24.4 Å². The van der Waals surface area contributed by atoms with Gasteiger partial charge in [-0.25, -0.2) is 4.98 Å². The number of nitrogens with zero attached hydrogens (tertiary/aromatic N) is 4. The van der Waals surface area contributed by atoms with Crippen molar-refractivity contribution in [2.75, 3.05) is 11.9 Å². The second-order valence-corrected chi connectivity index (χ2v) is 5.38. The van der Waals surface area contributed by atoms with Gasteiger partial charge in [0.15, 0.2) is 5.82 Å². The Bertz CT molecular complexity index is 631. The van der Waals surface area contributed by atoms with Crippen molar-refractivity contribution in [2.24, 2.45) is 0 Å². The molecule has 1 fully saturated rings. The van der Waals surface area contributed by atoms with Crippen molar-refractivity contribution in [1.29, 1.82) is 0 Å². The number of anilines is 1. The van der Waals surface area contributed by atoms with Gasteiger partial charge in [-0.3, -0.25) is 9.20 Å². The summed E-state index contributed by atoms with van der Waals surface area (Å²) in [6, 6.07) is 0.127. The number of aromatic nitrogens is 4. The smallest absolute Gasteiger partial charge is 0.239 e. The average molecular weight is 274 g/mol. The number of carbonyl (C=O) groups is 1. The Labute approximate surface area is 116 Å². The fraction of sp³-hybridized carbons (Fsp3) is 0.538. The quantitative estimate of drug-likeness (QED) is 0.847. The maximum Gasteiger partial charge on any atom is 0.239 e. The minimum Gasteiger partial charge on any atom is -0.358 e. The molecule has 0 aliphatic heterocycles. The predicted octanol–water partition coefficient (Wildman–Crippen LogP) is 0.938. The van der Waals surface area contributed by atoms with E-state index >= 15 is 0 Å². The monoisotopic (exact) mass is 274 g/mol. The van der Waals surface area contributed by atoms with Crippen molar-refractivity contribution in [3.05, 3.63) is 18.2 Å². The Hall–Kier alpha value is -2.18. The molecule has 20 heavy (non-hydrogen) atoms.